The molecule has 0 saturated carbocycles. The van der Waals surface area contributed by atoms with Gasteiger partial charge < -0.3 is 9.47 Å². The van der Waals surface area contributed by atoms with Gasteiger partial charge in [0, 0.05) is 24.6 Å². The molecule has 5 heteroatoms. The van der Waals surface area contributed by atoms with Crippen LogP contribution in [0.15, 0.2) is 18.2 Å². The van der Waals surface area contributed by atoms with Crippen LogP contribution in [0.2, 0.25) is 0 Å². The van der Waals surface area contributed by atoms with Gasteiger partial charge in [0.1, 0.15) is 0 Å². The molecule has 1 aromatic rings. The van der Waals surface area contributed by atoms with Gasteiger partial charge in [-0.3, -0.25) is 9.69 Å². The van der Waals surface area contributed by atoms with E-state index < -0.39 is 0 Å². The zero-order valence-electron chi connectivity index (χ0n) is 11.8. The lowest BCUT2D eigenvalue weighted by Crippen LogP contribution is -2.36. The number of Topliss-reactive ketones (excluding diaryl/α,β-unsaturated/α-hetero) is 1. The van der Waals surface area contributed by atoms with Gasteiger partial charge in [-0.25, -0.2) is 0 Å². The van der Waals surface area contributed by atoms with E-state index in [2.05, 4.69) is 6.07 Å². The van der Waals surface area contributed by atoms with Gasteiger partial charge in [0.25, 0.3) is 0 Å². The quantitative estimate of drug-likeness (QED) is 0.744. The van der Waals surface area contributed by atoms with Crippen molar-refractivity contribution in [1.82, 2.24) is 4.90 Å². The molecule has 0 bridgehead atoms. The van der Waals surface area contributed by atoms with Crippen molar-refractivity contribution in [3.63, 3.8) is 0 Å². The van der Waals surface area contributed by atoms with Crippen LogP contribution in [-0.4, -0.2) is 36.6 Å². The van der Waals surface area contributed by atoms with E-state index >= 15 is 0 Å². The fourth-order valence-electron chi connectivity index (χ4n) is 2.06. The SMILES string of the molecule is CC(C)N(CCC#N)CC(=O)c1ccc2c(c1)OCO2. The molecule has 1 heterocycles. The molecule has 0 N–H and O–H groups in total. The van der Waals surface area contributed by atoms with Crippen molar-refractivity contribution in [3.05, 3.63) is 23.8 Å². The van der Waals surface area contributed by atoms with E-state index in [0.717, 1.165) is 0 Å². The van der Waals surface area contributed by atoms with Crippen molar-refractivity contribution in [2.75, 3.05) is 19.9 Å². The first-order valence-corrected chi connectivity index (χ1v) is 6.65. The van der Waals surface area contributed by atoms with Crippen molar-refractivity contribution in [3.8, 4) is 17.6 Å². The van der Waals surface area contributed by atoms with Crippen LogP contribution >= 0.6 is 0 Å². The molecule has 106 valence electrons. The fourth-order valence-corrected chi connectivity index (χ4v) is 2.06. The summed E-state index contributed by atoms with van der Waals surface area (Å²) in [6.45, 7) is 5.14. The summed E-state index contributed by atoms with van der Waals surface area (Å²) in [6.07, 6.45) is 0.423. The molecular weight excluding hydrogens is 256 g/mol. The maximum absolute atomic E-state index is 12.3. The zero-order valence-corrected chi connectivity index (χ0v) is 11.8. The number of carbonyl (C=O) groups excluding carboxylic acids is 1. The number of benzene rings is 1. The Morgan fingerprint density at radius 1 is 1.40 bits per heavy atom. The van der Waals surface area contributed by atoms with Crippen molar-refractivity contribution < 1.29 is 14.3 Å². The highest BCUT2D eigenvalue weighted by Gasteiger charge is 2.19. The summed E-state index contributed by atoms with van der Waals surface area (Å²) in [6, 6.07) is 7.55. The lowest BCUT2D eigenvalue weighted by molar-refractivity contribution is 0.0907. The minimum atomic E-state index is 0.0231. The monoisotopic (exact) mass is 274 g/mol. The molecule has 0 radical (unpaired) electrons. The third-order valence-electron chi connectivity index (χ3n) is 3.28. The van der Waals surface area contributed by atoms with Crippen LogP contribution in [-0.2, 0) is 0 Å². The fraction of sp³-hybridized carbons (Fsp3) is 0.467. The van der Waals surface area contributed by atoms with Crippen molar-refractivity contribution in [2.24, 2.45) is 0 Å². The Morgan fingerprint density at radius 3 is 2.85 bits per heavy atom. The van der Waals surface area contributed by atoms with Gasteiger partial charge in [0.2, 0.25) is 6.79 Å². The highest BCUT2D eigenvalue weighted by atomic mass is 16.7. The number of fused-ring (bicyclic) bond motifs is 1. The van der Waals surface area contributed by atoms with Crippen LogP contribution in [0.3, 0.4) is 0 Å². The second-order valence-electron chi connectivity index (χ2n) is 4.96. The van der Waals surface area contributed by atoms with E-state index in [1.54, 1.807) is 18.2 Å². The average Bonchev–Trinajstić information content (AvgIpc) is 2.90. The lowest BCUT2D eigenvalue weighted by Gasteiger charge is -2.24. The van der Waals surface area contributed by atoms with Crippen molar-refractivity contribution in [1.29, 1.82) is 5.26 Å². The molecule has 0 aliphatic carbocycles. The van der Waals surface area contributed by atoms with E-state index in [9.17, 15) is 4.79 Å². The summed E-state index contributed by atoms with van der Waals surface area (Å²) < 4.78 is 10.5. The Balaban J connectivity index is 2.05. The molecule has 0 unspecified atom stereocenters. The summed E-state index contributed by atoms with van der Waals surface area (Å²) in [5.74, 6) is 1.31. The molecular formula is C15H18N2O3. The Kier molecular flexibility index (Phi) is 4.59. The molecule has 1 aliphatic rings. The van der Waals surface area contributed by atoms with E-state index in [1.807, 2.05) is 18.7 Å². The van der Waals surface area contributed by atoms with Gasteiger partial charge in [-0.2, -0.15) is 5.26 Å². The zero-order chi connectivity index (χ0) is 14.5. The second-order valence-corrected chi connectivity index (χ2v) is 4.96. The van der Waals surface area contributed by atoms with Gasteiger partial charge in [-0.1, -0.05) is 0 Å². The highest BCUT2D eigenvalue weighted by molar-refractivity contribution is 5.98. The van der Waals surface area contributed by atoms with E-state index in [-0.39, 0.29) is 18.6 Å². The van der Waals surface area contributed by atoms with Crippen LogP contribution < -0.4 is 9.47 Å². The standard InChI is InChI=1S/C15H18N2O3/c1-11(2)17(7-3-6-16)9-13(18)12-4-5-14-15(8-12)20-10-19-14/h4-5,8,11H,3,7,9-10H2,1-2H3. The maximum atomic E-state index is 12.3. The molecule has 1 aliphatic heterocycles. The summed E-state index contributed by atoms with van der Waals surface area (Å²) in [4.78, 5) is 14.3. The van der Waals surface area contributed by atoms with E-state index in [1.165, 1.54) is 0 Å². The van der Waals surface area contributed by atoms with Crippen molar-refractivity contribution >= 4 is 5.78 Å². The first kappa shape index (κ1) is 14.4. The Hall–Kier alpha value is -2.06. The first-order chi connectivity index (χ1) is 9.61. The number of ether oxygens (including phenoxy) is 2. The number of rotatable bonds is 6. The van der Waals surface area contributed by atoms with Crippen LogP contribution in [0.4, 0.5) is 0 Å². The molecule has 2 rings (SSSR count). The van der Waals surface area contributed by atoms with Gasteiger partial charge in [-0.05, 0) is 32.0 Å². The maximum Gasteiger partial charge on any atom is 0.231 e. The predicted molar refractivity (Wildman–Crippen MR) is 73.8 cm³/mol. The third kappa shape index (κ3) is 3.28. The molecule has 5 nitrogen and oxygen atoms in total. The molecule has 20 heavy (non-hydrogen) atoms. The minimum absolute atomic E-state index is 0.0231. The number of nitriles is 1. The molecule has 0 saturated heterocycles. The molecule has 0 fully saturated rings. The number of hydrogen-bond acceptors (Lipinski definition) is 5. The summed E-state index contributed by atoms with van der Waals surface area (Å²) in [5, 5.41) is 8.66. The number of carbonyl (C=O) groups is 1. The second kappa shape index (κ2) is 6.40. The Labute approximate surface area is 118 Å². The van der Waals surface area contributed by atoms with Gasteiger partial charge in [0.15, 0.2) is 17.3 Å². The molecule has 0 spiro atoms. The van der Waals surface area contributed by atoms with E-state index in [0.29, 0.717) is 36.6 Å². The number of nitrogens with zero attached hydrogens (tertiary/aromatic N) is 2. The van der Waals surface area contributed by atoms with Crippen molar-refractivity contribution in [2.45, 2.75) is 26.3 Å². The summed E-state index contributed by atoms with van der Waals surface area (Å²) in [5.41, 5.74) is 0.608. The summed E-state index contributed by atoms with van der Waals surface area (Å²) in [7, 11) is 0. The minimum Gasteiger partial charge on any atom is -0.454 e. The third-order valence-corrected chi connectivity index (χ3v) is 3.28. The molecule has 0 amide bonds. The summed E-state index contributed by atoms with van der Waals surface area (Å²) >= 11 is 0. The molecule has 1 aromatic carbocycles. The van der Waals surface area contributed by atoms with Gasteiger partial charge >= 0.3 is 0 Å². The topological polar surface area (TPSA) is 62.6 Å². The van der Waals surface area contributed by atoms with Crippen LogP contribution in [0, 0.1) is 11.3 Å². The molecule has 0 atom stereocenters. The van der Waals surface area contributed by atoms with Gasteiger partial charge in [0.05, 0.1) is 12.6 Å². The van der Waals surface area contributed by atoms with Crippen LogP contribution in [0.1, 0.15) is 30.6 Å². The van der Waals surface area contributed by atoms with Crippen LogP contribution in [0.5, 0.6) is 11.5 Å². The lowest BCUT2D eigenvalue weighted by atomic mass is 10.1. The first-order valence-electron chi connectivity index (χ1n) is 6.65. The largest absolute Gasteiger partial charge is 0.454 e. The normalized spacial score (nSPS) is 12.8. The van der Waals surface area contributed by atoms with Gasteiger partial charge in [-0.15, -0.1) is 0 Å². The van der Waals surface area contributed by atoms with E-state index in [4.69, 9.17) is 14.7 Å². The number of ketones is 1. The number of hydrogen-bond donors (Lipinski definition) is 0. The Morgan fingerprint density at radius 2 is 2.15 bits per heavy atom. The smallest absolute Gasteiger partial charge is 0.231 e. The predicted octanol–water partition coefficient (Wildman–Crippen LogP) is 2.22. The average molecular weight is 274 g/mol. The molecule has 0 aromatic heterocycles. The highest BCUT2D eigenvalue weighted by Crippen LogP contribution is 2.32. The van der Waals surface area contributed by atoms with Crippen LogP contribution in [0.25, 0.3) is 0 Å². The Bertz CT molecular complexity index is 534.